The lowest BCUT2D eigenvalue weighted by Crippen LogP contribution is -2.47. The molecule has 2 aliphatic heterocycles. The molecule has 4 atom stereocenters. The Morgan fingerprint density at radius 3 is 2.69 bits per heavy atom. The second-order valence-electron chi connectivity index (χ2n) is 10.5. The Morgan fingerprint density at radius 2 is 2.00 bits per heavy atom. The molecule has 188 valence electrons. The van der Waals surface area contributed by atoms with E-state index in [4.69, 9.17) is 9.26 Å². The van der Waals surface area contributed by atoms with Gasteiger partial charge >= 0.3 is 5.97 Å². The van der Waals surface area contributed by atoms with Gasteiger partial charge in [-0.3, -0.25) is 0 Å². The van der Waals surface area contributed by atoms with E-state index in [-0.39, 0.29) is 29.6 Å². The molecule has 0 radical (unpaired) electrons. The average Bonchev–Trinajstić information content (AvgIpc) is 3.57. The number of aryl methyl sites for hydroxylation is 1. The first kappa shape index (κ1) is 23.2. The molecule has 36 heavy (non-hydrogen) atoms. The Labute approximate surface area is 209 Å². The fraction of sp³-hybridized carbons (Fsp3) is 0.464. The number of anilines is 1. The quantitative estimate of drug-likeness (QED) is 0.452. The Morgan fingerprint density at radius 1 is 1.19 bits per heavy atom. The van der Waals surface area contributed by atoms with Gasteiger partial charge in [0.25, 0.3) is 0 Å². The van der Waals surface area contributed by atoms with E-state index >= 15 is 0 Å². The number of ether oxygens (including phenoxy) is 1. The molecule has 0 spiro atoms. The molecule has 1 aliphatic carbocycles. The van der Waals surface area contributed by atoms with Crippen LogP contribution in [0.5, 0.6) is 0 Å². The van der Waals surface area contributed by atoms with Gasteiger partial charge in [-0.15, -0.1) is 0 Å². The standard InChI is InChI=1S/C28H30FN3O4/c1-15-11-18-12-19(13-24(15)32(18)25-10-9-20(28(33)34)16(2)30-25)35-14-22-26(21-5-3-4-6-23(21)29)31-36-27(22)17-7-8-17/h3-6,9-10,15,17-19,24H,7-8,11-14H2,1-2H3,(H,33,34)/t15-,18?,19?,24?/m1/s1. The van der Waals surface area contributed by atoms with Gasteiger partial charge in [0.15, 0.2) is 0 Å². The smallest absolute Gasteiger partial charge is 0.337 e. The van der Waals surface area contributed by atoms with Crippen molar-refractivity contribution in [3.05, 3.63) is 64.8 Å². The molecule has 1 aromatic carbocycles. The van der Waals surface area contributed by atoms with Gasteiger partial charge in [0.05, 0.1) is 24.0 Å². The number of hydrogen-bond donors (Lipinski definition) is 1. The number of nitrogens with zero attached hydrogens (tertiary/aromatic N) is 3. The molecule has 8 heteroatoms. The Hall–Kier alpha value is -3.26. The summed E-state index contributed by atoms with van der Waals surface area (Å²) in [7, 11) is 0. The number of benzene rings is 1. The largest absolute Gasteiger partial charge is 0.478 e. The molecule has 1 N–H and O–H groups in total. The van der Waals surface area contributed by atoms with Crippen LogP contribution in [0.2, 0.25) is 0 Å². The molecule has 3 aliphatic rings. The van der Waals surface area contributed by atoms with Gasteiger partial charge in [0, 0.05) is 29.1 Å². The van der Waals surface area contributed by atoms with Crippen molar-refractivity contribution in [2.45, 2.75) is 76.7 Å². The zero-order valence-corrected chi connectivity index (χ0v) is 20.5. The second-order valence-corrected chi connectivity index (χ2v) is 10.5. The monoisotopic (exact) mass is 491 g/mol. The minimum absolute atomic E-state index is 0.0658. The van der Waals surface area contributed by atoms with Crippen molar-refractivity contribution in [1.82, 2.24) is 10.1 Å². The summed E-state index contributed by atoms with van der Waals surface area (Å²) in [5, 5.41) is 13.6. The van der Waals surface area contributed by atoms with Crippen molar-refractivity contribution in [2.24, 2.45) is 5.92 Å². The van der Waals surface area contributed by atoms with Crippen molar-refractivity contribution >= 4 is 11.8 Å². The van der Waals surface area contributed by atoms with Crippen LogP contribution in [0, 0.1) is 18.7 Å². The highest BCUT2D eigenvalue weighted by molar-refractivity contribution is 5.89. The molecule has 2 saturated heterocycles. The number of aromatic nitrogens is 2. The van der Waals surface area contributed by atoms with E-state index < -0.39 is 5.97 Å². The third kappa shape index (κ3) is 4.07. The van der Waals surface area contributed by atoms with Crippen LogP contribution in [-0.2, 0) is 11.3 Å². The van der Waals surface area contributed by atoms with Crippen molar-refractivity contribution in [3.63, 3.8) is 0 Å². The van der Waals surface area contributed by atoms with Crippen molar-refractivity contribution in [3.8, 4) is 11.3 Å². The fourth-order valence-electron chi connectivity index (χ4n) is 6.07. The number of piperidine rings is 1. The SMILES string of the molecule is Cc1nc(N2C3CC(OCc4c(-c5ccccc5F)noc4C4CC4)CC2[C@H](C)C3)ccc1C(=O)O. The molecule has 7 nitrogen and oxygen atoms in total. The summed E-state index contributed by atoms with van der Waals surface area (Å²) in [6, 6.07) is 10.7. The normalized spacial score (nSPS) is 25.4. The molecule has 2 aromatic heterocycles. The van der Waals surface area contributed by atoms with Crippen LogP contribution in [0.25, 0.3) is 11.3 Å². The molecule has 3 fully saturated rings. The van der Waals surface area contributed by atoms with E-state index in [9.17, 15) is 14.3 Å². The van der Waals surface area contributed by atoms with Crippen molar-refractivity contribution in [2.75, 3.05) is 4.90 Å². The highest BCUT2D eigenvalue weighted by Crippen LogP contribution is 2.46. The number of carbonyl (C=O) groups is 1. The lowest BCUT2D eigenvalue weighted by Gasteiger charge is -2.40. The Balaban J connectivity index is 1.21. The van der Waals surface area contributed by atoms with E-state index in [1.54, 1.807) is 25.1 Å². The summed E-state index contributed by atoms with van der Waals surface area (Å²) < 4.78 is 26.8. The average molecular weight is 492 g/mol. The highest BCUT2D eigenvalue weighted by atomic mass is 19.1. The maximum atomic E-state index is 14.6. The molecule has 1 saturated carbocycles. The van der Waals surface area contributed by atoms with E-state index in [1.165, 1.54) is 6.07 Å². The van der Waals surface area contributed by atoms with Crippen molar-refractivity contribution < 1.29 is 23.6 Å². The Bertz CT molecular complexity index is 1300. The van der Waals surface area contributed by atoms with Crippen LogP contribution >= 0.6 is 0 Å². The van der Waals surface area contributed by atoms with Gasteiger partial charge in [0.1, 0.15) is 23.1 Å². The maximum absolute atomic E-state index is 14.6. The highest BCUT2D eigenvalue weighted by Gasteiger charge is 2.46. The predicted molar refractivity (Wildman–Crippen MR) is 131 cm³/mol. The summed E-state index contributed by atoms with van der Waals surface area (Å²) in [6.45, 7) is 4.36. The predicted octanol–water partition coefficient (Wildman–Crippen LogP) is 5.72. The first-order valence-electron chi connectivity index (χ1n) is 12.7. The van der Waals surface area contributed by atoms with Gasteiger partial charge < -0.3 is 19.3 Å². The lowest BCUT2D eigenvalue weighted by atomic mass is 9.96. The van der Waals surface area contributed by atoms with E-state index in [0.29, 0.717) is 35.4 Å². The number of fused-ring (bicyclic) bond motifs is 2. The summed E-state index contributed by atoms with van der Waals surface area (Å²) >= 11 is 0. The molecule has 2 bridgehead atoms. The van der Waals surface area contributed by atoms with Gasteiger partial charge in [-0.05, 0) is 69.2 Å². The van der Waals surface area contributed by atoms with Gasteiger partial charge in [-0.25, -0.2) is 14.2 Å². The number of hydrogen-bond acceptors (Lipinski definition) is 6. The minimum atomic E-state index is -0.955. The molecular formula is C28H30FN3O4. The summed E-state index contributed by atoms with van der Waals surface area (Å²) in [5.74, 6) is 1.23. The number of aromatic carboxylic acids is 1. The number of pyridine rings is 1. The zero-order chi connectivity index (χ0) is 25.0. The van der Waals surface area contributed by atoms with Crippen LogP contribution in [0.15, 0.2) is 40.9 Å². The minimum Gasteiger partial charge on any atom is -0.478 e. The van der Waals surface area contributed by atoms with Crippen LogP contribution in [0.4, 0.5) is 10.2 Å². The van der Waals surface area contributed by atoms with E-state index in [2.05, 4.69) is 22.0 Å². The van der Waals surface area contributed by atoms with Crippen LogP contribution < -0.4 is 4.90 Å². The topological polar surface area (TPSA) is 88.7 Å². The maximum Gasteiger partial charge on any atom is 0.337 e. The van der Waals surface area contributed by atoms with Gasteiger partial charge in [0.2, 0.25) is 0 Å². The molecule has 3 unspecified atom stereocenters. The molecule has 6 rings (SSSR count). The van der Waals surface area contributed by atoms with Crippen LogP contribution in [0.1, 0.15) is 72.3 Å². The second kappa shape index (κ2) is 9.00. The Kier molecular flexibility index (Phi) is 5.79. The summed E-state index contributed by atoms with van der Waals surface area (Å²) in [6.07, 6.45) is 4.96. The van der Waals surface area contributed by atoms with Crippen LogP contribution in [0.3, 0.4) is 0 Å². The zero-order valence-electron chi connectivity index (χ0n) is 20.5. The van der Waals surface area contributed by atoms with Gasteiger partial charge in [-0.2, -0.15) is 0 Å². The van der Waals surface area contributed by atoms with E-state index in [0.717, 1.165) is 49.2 Å². The van der Waals surface area contributed by atoms with Crippen LogP contribution in [-0.4, -0.2) is 39.4 Å². The third-order valence-corrected chi connectivity index (χ3v) is 8.02. The number of halogens is 1. The number of carboxylic acid groups (broad SMARTS) is 1. The van der Waals surface area contributed by atoms with Gasteiger partial charge in [-0.1, -0.05) is 24.2 Å². The number of carboxylic acids is 1. The fourth-order valence-corrected chi connectivity index (χ4v) is 6.07. The summed E-state index contributed by atoms with van der Waals surface area (Å²) in [5.41, 5.74) is 2.63. The number of rotatable bonds is 7. The molecule has 0 amide bonds. The molecule has 3 aromatic rings. The summed E-state index contributed by atoms with van der Waals surface area (Å²) in [4.78, 5) is 18.4. The first-order valence-corrected chi connectivity index (χ1v) is 12.7. The molecular weight excluding hydrogens is 461 g/mol. The third-order valence-electron chi connectivity index (χ3n) is 8.02. The first-order chi connectivity index (χ1) is 17.4. The molecule has 4 heterocycles. The van der Waals surface area contributed by atoms with E-state index in [1.807, 2.05) is 12.1 Å². The van der Waals surface area contributed by atoms with Crippen molar-refractivity contribution in [1.29, 1.82) is 0 Å². The lowest BCUT2D eigenvalue weighted by molar-refractivity contribution is 0.0134.